The number of hydrogen-bond acceptors (Lipinski definition) is 4. The van der Waals surface area contributed by atoms with Gasteiger partial charge in [0.2, 0.25) is 5.76 Å². The molecule has 0 amide bonds. The number of rotatable bonds is 3. The standard InChI is InChI=1S/C14H20N2O3/c1-14(2)11-6-15-5-9(11)7-16(14)8-10-3-4-12(19-10)13(17)18/h3-4,9,11,15H,5-8H2,1-2H3,(H,17,18). The zero-order valence-corrected chi connectivity index (χ0v) is 11.3. The molecule has 2 fully saturated rings. The van der Waals surface area contributed by atoms with Crippen molar-refractivity contribution in [2.45, 2.75) is 25.9 Å². The molecule has 0 saturated carbocycles. The second kappa shape index (κ2) is 4.35. The normalized spacial score (nSPS) is 29.6. The van der Waals surface area contributed by atoms with Crippen molar-refractivity contribution < 1.29 is 14.3 Å². The lowest BCUT2D eigenvalue weighted by atomic mass is 9.85. The summed E-state index contributed by atoms with van der Waals surface area (Å²) in [4.78, 5) is 13.2. The first-order chi connectivity index (χ1) is 8.98. The summed E-state index contributed by atoms with van der Waals surface area (Å²) in [5, 5.41) is 12.3. The molecule has 0 aliphatic carbocycles. The van der Waals surface area contributed by atoms with E-state index in [1.165, 1.54) is 6.07 Å². The summed E-state index contributed by atoms with van der Waals surface area (Å²) >= 11 is 0. The predicted octanol–water partition coefficient (Wildman–Crippen LogP) is 1.41. The average Bonchev–Trinajstić information content (AvgIpc) is 2.99. The molecule has 2 saturated heterocycles. The zero-order valence-electron chi connectivity index (χ0n) is 11.3. The topological polar surface area (TPSA) is 65.7 Å². The molecule has 19 heavy (non-hydrogen) atoms. The number of furan rings is 1. The van der Waals surface area contributed by atoms with Gasteiger partial charge >= 0.3 is 5.97 Å². The Labute approximate surface area is 112 Å². The van der Waals surface area contributed by atoms with Crippen molar-refractivity contribution in [2.24, 2.45) is 11.8 Å². The lowest BCUT2D eigenvalue weighted by molar-refractivity contribution is 0.0655. The van der Waals surface area contributed by atoms with Crippen LogP contribution < -0.4 is 5.32 Å². The molecule has 1 aromatic rings. The maximum Gasteiger partial charge on any atom is 0.371 e. The Kier molecular flexibility index (Phi) is 2.91. The maximum atomic E-state index is 10.8. The average molecular weight is 264 g/mol. The Morgan fingerprint density at radius 1 is 1.53 bits per heavy atom. The lowest BCUT2D eigenvalue weighted by Gasteiger charge is -2.35. The molecule has 0 aromatic carbocycles. The minimum absolute atomic E-state index is 0.0221. The Hall–Kier alpha value is -1.33. The van der Waals surface area contributed by atoms with Crippen molar-refractivity contribution in [3.8, 4) is 0 Å². The van der Waals surface area contributed by atoms with E-state index in [2.05, 4.69) is 24.1 Å². The monoisotopic (exact) mass is 264 g/mol. The van der Waals surface area contributed by atoms with Gasteiger partial charge in [-0.15, -0.1) is 0 Å². The zero-order chi connectivity index (χ0) is 13.6. The Morgan fingerprint density at radius 3 is 2.95 bits per heavy atom. The first kappa shape index (κ1) is 12.7. The van der Waals surface area contributed by atoms with Gasteiger partial charge in [0.25, 0.3) is 0 Å². The molecule has 104 valence electrons. The number of fused-ring (bicyclic) bond motifs is 1. The van der Waals surface area contributed by atoms with Crippen LogP contribution in [0, 0.1) is 11.8 Å². The molecule has 2 N–H and O–H groups in total. The van der Waals surface area contributed by atoms with Crippen LogP contribution in [-0.4, -0.2) is 41.1 Å². The van der Waals surface area contributed by atoms with Gasteiger partial charge in [-0.1, -0.05) is 0 Å². The number of hydrogen-bond donors (Lipinski definition) is 2. The van der Waals surface area contributed by atoms with Gasteiger partial charge in [-0.25, -0.2) is 4.79 Å². The summed E-state index contributed by atoms with van der Waals surface area (Å²) in [6.07, 6.45) is 0. The summed E-state index contributed by atoms with van der Waals surface area (Å²) in [7, 11) is 0. The number of carboxylic acids is 1. The van der Waals surface area contributed by atoms with Crippen LogP contribution in [-0.2, 0) is 6.54 Å². The third kappa shape index (κ3) is 2.07. The molecule has 0 spiro atoms. The van der Waals surface area contributed by atoms with E-state index in [1.807, 2.05) is 0 Å². The fourth-order valence-electron chi connectivity index (χ4n) is 3.54. The third-order valence-electron chi connectivity index (χ3n) is 4.74. The van der Waals surface area contributed by atoms with Crippen LogP contribution in [0.15, 0.2) is 16.5 Å². The minimum atomic E-state index is -1.01. The highest BCUT2D eigenvalue weighted by molar-refractivity contribution is 5.84. The number of nitrogens with zero attached hydrogens (tertiary/aromatic N) is 1. The van der Waals surface area contributed by atoms with E-state index in [0.29, 0.717) is 18.4 Å². The second-order valence-electron chi connectivity index (χ2n) is 6.13. The number of aromatic carboxylic acids is 1. The fourth-order valence-corrected chi connectivity index (χ4v) is 3.54. The molecule has 0 bridgehead atoms. The van der Waals surface area contributed by atoms with Gasteiger partial charge in [-0.2, -0.15) is 0 Å². The second-order valence-corrected chi connectivity index (χ2v) is 6.13. The van der Waals surface area contributed by atoms with E-state index in [1.54, 1.807) is 6.07 Å². The number of carbonyl (C=O) groups is 1. The van der Waals surface area contributed by atoms with Gasteiger partial charge in [0.05, 0.1) is 6.54 Å². The van der Waals surface area contributed by atoms with Crippen molar-refractivity contribution >= 4 is 5.97 Å². The van der Waals surface area contributed by atoms with Crippen LogP contribution >= 0.6 is 0 Å². The molecule has 3 heterocycles. The number of carboxylic acid groups (broad SMARTS) is 1. The van der Waals surface area contributed by atoms with Crippen LogP contribution in [0.25, 0.3) is 0 Å². The van der Waals surface area contributed by atoms with E-state index in [4.69, 9.17) is 9.52 Å². The van der Waals surface area contributed by atoms with Crippen LogP contribution in [0.2, 0.25) is 0 Å². The highest BCUT2D eigenvalue weighted by Gasteiger charge is 2.49. The molecule has 5 nitrogen and oxygen atoms in total. The summed E-state index contributed by atoms with van der Waals surface area (Å²) in [6, 6.07) is 3.30. The van der Waals surface area contributed by atoms with Crippen molar-refractivity contribution in [1.82, 2.24) is 10.2 Å². The molecule has 2 aliphatic rings. The molecule has 1 aromatic heterocycles. The third-order valence-corrected chi connectivity index (χ3v) is 4.74. The maximum absolute atomic E-state index is 10.8. The first-order valence-electron chi connectivity index (χ1n) is 6.76. The van der Waals surface area contributed by atoms with Gasteiger partial charge in [0, 0.05) is 18.6 Å². The first-order valence-corrected chi connectivity index (χ1v) is 6.76. The molecule has 2 atom stereocenters. The highest BCUT2D eigenvalue weighted by Crippen LogP contribution is 2.41. The van der Waals surface area contributed by atoms with Crippen molar-refractivity contribution in [3.05, 3.63) is 23.7 Å². The SMILES string of the molecule is CC1(C)C2CNCC2CN1Cc1ccc(C(=O)O)o1. The van der Waals surface area contributed by atoms with Crippen LogP contribution in [0.1, 0.15) is 30.2 Å². The van der Waals surface area contributed by atoms with Gasteiger partial charge in [-0.05, 0) is 44.4 Å². The number of likely N-dealkylation sites (tertiary alicyclic amines) is 1. The van der Waals surface area contributed by atoms with Gasteiger partial charge in [-0.3, -0.25) is 4.90 Å². The van der Waals surface area contributed by atoms with Gasteiger partial charge in [0.15, 0.2) is 0 Å². The largest absolute Gasteiger partial charge is 0.475 e. The summed E-state index contributed by atoms with van der Waals surface area (Å²) in [5.74, 6) is 1.12. The predicted molar refractivity (Wildman–Crippen MR) is 70.0 cm³/mol. The smallest absolute Gasteiger partial charge is 0.371 e. The summed E-state index contributed by atoms with van der Waals surface area (Å²) in [6.45, 7) is 8.44. The van der Waals surface area contributed by atoms with E-state index >= 15 is 0 Å². The molecule has 3 rings (SSSR count). The van der Waals surface area contributed by atoms with Crippen LogP contribution in [0.3, 0.4) is 0 Å². The molecule has 5 heteroatoms. The Morgan fingerprint density at radius 2 is 2.32 bits per heavy atom. The quantitative estimate of drug-likeness (QED) is 0.864. The summed E-state index contributed by atoms with van der Waals surface area (Å²) in [5.41, 5.74) is 0.129. The molecule has 0 radical (unpaired) electrons. The van der Waals surface area contributed by atoms with Crippen molar-refractivity contribution in [2.75, 3.05) is 19.6 Å². The van der Waals surface area contributed by atoms with Crippen molar-refractivity contribution in [3.63, 3.8) is 0 Å². The van der Waals surface area contributed by atoms with Crippen LogP contribution in [0.5, 0.6) is 0 Å². The minimum Gasteiger partial charge on any atom is -0.475 e. The lowest BCUT2D eigenvalue weighted by Crippen LogP contribution is -2.43. The van der Waals surface area contributed by atoms with Gasteiger partial charge < -0.3 is 14.8 Å². The molecular weight excluding hydrogens is 244 g/mol. The van der Waals surface area contributed by atoms with Crippen LogP contribution in [0.4, 0.5) is 0 Å². The molecular formula is C14H20N2O3. The fraction of sp³-hybridized carbons (Fsp3) is 0.643. The van der Waals surface area contributed by atoms with Crippen molar-refractivity contribution in [1.29, 1.82) is 0 Å². The van der Waals surface area contributed by atoms with E-state index in [0.717, 1.165) is 25.4 Å². The van der Waals surface area contributed by atoms with E-state index in [9.17, 15) is 4.79 Å². The number of nitrogens with one attached hydrogen (secondary N) is 1. The van der Waals surface area contributed by atoms with E-state index in [-0.39, 0.29) is 11.3 Å². The highest BCUT2D eigenvalue weighted by atomic mass is 16.4. The molecule has 2 aliphatic heterocycles. The Bertz CT molecular complexity index is 495. The summed E-state index contributed by atoms with van der Waals surface area (Å²) < 4.78 is 5.37. The van der Waals surface area contributed by atoms with Gasteiger partial charge in [0.1, 0.15) is 5.76 Å². The van der Waals surface area contributed by atoms with E-state index < -0.39 is 5.97 Å². The Balaban J connectivity index is 1.74. The molecule has 2 unspecified atom stereocenters.